The van der Waals surface area contributed by atoms with Gasteiger partial charge < -0.3 is 9.84 Å². The van der Waals surface area contributed by atoms with Gasteiger partial charge >= 0.3 is 0 Å². The van der Waals surface area contributed by atoms with E-state index in [2.05, 4.69) is 39.5 Å². The molecule has 2 fully saturated rings. The smallest absolute Gasteiger partial charge is 0.0649 e. The number of allylic oxidation sites excluding steroid dienone is 4. The maximum absolute atomic E-state index is 10.6. The minimum Gasteiger partial charge on any atom is -0.392 e. The number of hydrogen-bond donors (Lipinski definition) is 1. The van der Waals surface area contributed by atoms with Crippen molar-refractivity contribution in [2.75, 3.05) is 7.11 Å². The summed E-state index contributed by atoms with van der Waals surface area (Å²) < 4.78 is 5.83. The quantitative estimate of drug-likeness (QED) is 0.791. The van der Waals surface area contributed by atoms with Crippen molar-refractivity contribution in [1.29, 1.82) is 0 Å². The van der Waals surface area contributed by atoms with Crippen molar-refractivity contribution in [3.8, 4) is 0 Å². The molecule has 3 rings (SSSR count). The van der Waals surface area contributed by atoms with Crippen molar-refractivity contribution in [2.45, 2.75) is 52.2 Å². The summed E-state index contributed by atoms with van der Waals surface area (Å²) in [5.74, 6) is 2.01. The molecule has 2 saturated carbocycles. The fraction of sp³-hybridized carbons (Fsp3) is 0.700. The van der Waals surface area contributed by atoms with Crippen LogP contribution in [0.4, 0.5) is 0 Å². The lowest BCUT2D eigenvalue weighted by Gasteiger charge is -2.36. The Hall–Kier alpha value is -0.860. The third-order valence-electron chi connectivity index (χ3n) is 6.07. The highest BCUT2D eigenvalue weighted by molar-refractivity contribution is 5.33. The topological polar surface area (TPSA) is 29.5 Å². The zero-order chi connectivity index (χ0) is 16.0. The van der Waals surface area contributed by atoms with Crippen molar-refractivity contribution in [2.24, 2.45) is 29.6 Å². The minimum atomic E-state index is -0.212. The molecule has 3 aliphatic carbocycles. The second-order valence-electron chi connectivity index (χ2n) is 7.73. The van der Waals surface area contributed by atoms with E-state index in [-0.39, 0.29) is 18.1 Å². The van der Waals surface area contributed by atoms with Gasteiger partial charge in [-0.2, -0.15) is 0 Å². The average molecular weight is 302 g/mol. The normalized spacial score (nSPS) is 40.4. The molecule has 2 heteroatoms. The number of rotatable bonds is 4. The van der Waals surface area contributed by atoms with Crippen molar-refractivity contribution in [3.63, 3.8) is 0 Å². The molecule has 22 heavy (non-hydrogen) atoms. The zero-order valence-corrected chi connectivity index (χ0v) is 14.4. The molecule has 0 bridgehead atoms. The maximum Gasteiger partial charge on any atom is 0.0649 e. The van der Waals surface area contributed by atoms with Gasteiger partial charge in [0.05, 0.1) is 12.2 Å². The van der Waals surface area contributed by atoms with E-state index in [1.807, 2.05) is 7.11 Å². The summed E-state index contributed by atoms with van der Waals surface area (Å²) in [5, 5.41) is 10.6. The van der Waals surface area contributed by atoms with Crippen LogP contribution < -0.4 is 0 Å². The number of aliphatic hydroxyl groups excluding tert-OH is 1. The van der Waals surface area contributed by atoms with Crippen LogP contribution >= 0.6 is 0 Å². The van der Waals surface area contributed by atoms with E-state index in [9.17, 15) is 5.11 Å². The van der Waals surface area contributed by atoms with Gasteiger partial charge in [-0.25, -0.2) is 0 Å². The van der Waals surface area contributed by atoms with Crippen molar-refractivity contribution in [3.05, 3.63) is 35.5 Å². The van der Waals surface area contributed by atoms with Crippen LogP contribution in [0.5, 0.6) is 0 Å². The first-order valence-electron chi connectivity index (χ1n) is 8.70. The second-order valence-corrected chi connectivity index (χ2v) is 7.73. The average Bonchev–Trinajstić information content (AvgIpc) is 3.24. The molecule has 3 aliphatic rings. The molecule has 0 aromatic carbocycles. The molecule has 0 heterocycles. The van der Waals surface area contributed by atoms with Crippen LogP contribution in [0.1, 0.15) is 40.0 Å². The monoisotopic (exact) mass is 302 g/mol. The van der Waals surface area contributed by atoms with E-state index in [0.717, 1.165) is 6.42 Å². The first-order chi connectivity index (χ1) is 10.4. The van der Waals surface area contributed by atoms with Gasteiger partial charge in [-0.15, -0.1) is 0 Å². The summed E-state index contributed by atoms with van der Waals surface area (Å²) in [5.41, 5.74) is 4.01. The summed E-state index contributed by atoms with van der Waals surface area (Å²) in [4.78, 5) is 0. The van der Waals surface area contributed by atoms with Gasteiger partial charge in [-0.3, -0.25) is 0 Å². The molecule has 0 aromatic rings. The molecule has 6 atom stereocenters. The molecular formula is C20H30O2. The summed E-state index contributed by atoms with van der Waals surface area (Å²) in [6, 6.07) is 0. The minimum absolute atomic E-state index is 0.188. The van der Waals surface area contributed by atoms with Crippen LogP contribution in [-0.4, -0.2) is 24.4 Å². The Kier molecular flexibility index (Phi) is 4.35. The largest absolute Gasteiger partial charge is 0.392 e. The van der Waals surface area contributed by atoms with Gasteiger partial charge in [0.2, 0.25) is 0 Å². The maximum atomic E-state index is 10.6. The molecule has 0 amide bonds. The standard InChI is InChI=1S/C20H30O2/c1-11-8-12(2)18(13(3)9-11)19-14(4)16(10-17(19)22-5)20(21)15-6-7-15/h8-9,12,15-21H,4,6-7,10H2,1-3,5H3. The Bertz CT molecular complexity index is 512. The van der Waals surface area contributed by atoms with Gasteiger partial charge in [0.1, 0.15) is 0 Å². The van der Waals surface area contributed by atoms with Crippen molar-refractivity contribution in [1.82, 2.24) is 0 Å². The highest BCUT2D eigenvalue weighted by Gasteiger charge is 2.49. The molecule has 6 unspecified atom stereocenters. The summed E-state index contributed by atoms with van der Waals surface area (Å²) in [7, 11) is 1.81. The van der Waals surface area contributed by atoms with Crippen LogP contribution in [0.15, 0.2) is 35.5 Å². The highest BCUT2D eigenvalue weighted by Crippen LogP contribution is 2.51. The fourth-order valence-electron chi connectivity index (χ4n) is 4.91. The molecular weight excluding hydrogens is 272 g/mol. The first kappa shape index (κ1) is 16.0. The van der Waals surface area contributed by atoms with Gasteiger partial charge in [-0.1, -0.05) is 42.4 Å². The van der Waals surface area contributed by atoms with E-state index < -0.39 is 0 Å². The zero-order valence-electron chi connectivity index (χ0n) is 14.4. The summed E-state index contributed by atoms with van der Waals surface area (Å²) in [6.07, 6.45) is 7.92. The van der Waals surface area contributed by atoms with Crippen LogP contribution in [0, 0.1) is 29.6 Å². The van der Waals surface area contributed by atoms with Crippen LogP contribution in [0.25, 0.3) is 0 Å². The van der Waals surface area contributed by atoms with Crippen molar-refractivity contribution < 1.29 is 9.84 Å². The van der Waals surface area contributed by atoms with Crippen LogP contribution in [0.2, 0.25) is 0 Å². The van der Waals surface area contributed by atoms with E-state index in [1.165, 1.54) is 29.6 Å². The van der Waals surface area contributed by atoms with Gasteiger partial charge in [0.25, 0.3) is 0 Å². The van der Waals surface area contributed by atoms with Crippen LogP contribution in [-0.2, 0) is 4.74 Å². The predicted molar refractivity (Wildman–Crippen MR) is 90.4 cm³/mol. The third-order valence-corrected chi connectivity index (χ3v) is 6.07. The van der Waals surface area contributed by atoms with E-state index >= 15 is 0 Å². The Morgan fingerprint density at radius 2 is 1.95 bits per heavy atom. The predicted octanol–water partition coefficient (Wildman–Crippen LogP) is 4.12. The van der Waals surface area contributed by atoms with Crippen molar-refractivity contribution >= 4 is 0 Å². The Labute approximate surface area is 134 Å². The molecule has 0 saturated heterocycles. The fourth-order valence-corrected chi connectivity index (χ4v) is 4.91. The molecule has 1 N–H and O–H groups in total. The Balaban J connectivity index is 1.85. The van der Waals surface area contributed by atoms with E-state index in [1.54, 1.807) is 0 Å². The molecule has 2 nitrogen and oxygen atoms in total. The van der Waals surface area contributed by atoms with E-state index in [0.29, 0.717) is 23.7 Å². The van der Waals surface area contributed by atoms with Gasteiger partial charge in [0.15, 0.2) is 0 Å². The SMILES string of the molecule is C=C1C(C(O)C2CC2)CC(OC)C1C1C(C)=CC(C)=CC1C. The first-order valence-corrected chi connectivity index (χ1v) is 8.70. The molecule has 0 aliphatic heterocycles. The third kappa shape index (κ3) is 2.72. The van der Waals surface area contributed by atoms with E-state index in [4.69, 9.17) is 4.74 Å². The number of ether oxygens (including phenoxy) is 1. The van der Waals surface area contributed by atoms with Gasteiger partial charge in [0, 0.05) is 18.9 Å². The molecule has 0 spiro atoms. The number of hydrogen-bond acceptors (Lipinski definition) is 2. The molecule has 0 aromatic heterocycles. The summed E-state index contributed by atoms with van der Waals surface area (Å²) in [6.45, 7) is 11.1. The highest BCUT2D eigenvalue weighted by atomic mass is 16.5. The number of aliphatic hydroxyl groups is 1. The van der Waals surface area contributed by atoms with Crippen LogP contribution in [0.3, 0.4) is 0 Å². The number of methoxy groups -OCH3 is 1. The lowest BCUT2D eigenvalue weighted by atomic mass is 9.71. The second kappa shape index (κ2) is 5.98. The Morgan fingerprint density at radius 1 is 1.27 bits per heavy atom. The Morgan fingerprint density at radius 3 is 2.50 bits per heavy atom. The molecule has 0 radical (unpaired) electrons. The molecule has 122 valence electrons. The lowest BCUT2D eigenvalue weighted by Crippen LogP contribution is -2.31. The van der Waals surface area contributed by atoms with Gasteiger partial charge in [-0.05, 0) is 50.9 Å². The summed E-state index contributed by atoms with van der Waals surface area (Å²) >= 11 is 0. The lowest BCUT2D eigenvalue weighted by molar-refractivity contribution is 0.0435.